The van der Waals surface area contributed by atoms with Crippen molar-refractivity contribution in [3.8, 4) is 0 Å². The fraction of sp³-hybridized carbons (Fsp3) is 0.800. The minimum Gasteiger partial charge on any atom is -0.481 e. The molecule has 0 aromatic carbocycles. The summed E-state index contributed by atoms with van der Waals surface area (Å²) < 4.78 is 20.7. The third-order valence-electron chi connectivity index (χ3n) is 1.22. The number of aliphatic carboxylic acids is 1. The summed E-state index contributed by atoms with van der Waals surface area (Å²) in [6.45, 7) is 1.43. The zero-order chi connectivity index (χ0) is 9.07. The summed E-state index contributed by atoms with van der Waals surface area (Å²) in [5, 5.41) is 8.34. The van der Waals surface area contributed by atoms with Crippen molar-refractivity contribution in [2.24, 2.45) is 5.92 Å². The van der Waals surface area contributed by atoms with E-state index in [0.717, 1.165) is 0 Å². The molecule has 0 aromatic rings. The minimum atomic E-state index is -3.54. The molecule has 11 heavy (non-hydrogen) atoms. The Morgan fingerprint density at radius 3 is 2.36 bits per heavy atom. The van der Waals surface area contributed by atoms with Crippen LogP contribution in [-0.2, 0) is 13.8 Å². The van der Waals surface area contributed by atoms with Crippen LogP contribution in [0.1, 0.15) is 13.3 Å². The van der Waals surface area contributed by atoms with Gasteiger partial charge in [-0.25, -0.2) is 8.42 Å². The van der Waals surface area contributed by atoms with E-state index in [9.17, 15) is 13.2 Å². The van der Waals surface area contributed by atoms with Gasteiger partial charge in [0.05, 0.1) is 11.7 Å². The van der Waals surface area contributed by atoms with Gasteiger partial charge in [0, 0.05) is 10.7 Å². The fourth-order valence-electron chi connectivity index (χ4n) is 0.441. The summed E-state index contributed by atoms with van der Waals surface area (Å²) in [4.78, 5) is 10.2. The van der Waals surface area contributed by atoms with Gasteiger partial charge in [-0.3, -0.25) is 4.79 Å². The molecule has 0 fully saturated rings. The number of carboxylic acids is 1. The lowest BCUT2D eigenvalue weighted by molar-refractivity contribution is -0.141. The summed E-state index contributed by atoms with van der Waals surface area (Å²) in [7, 11) is 1.32. The molecular formula is C5H9ClO4S. The Hall–Kier alpha value is -0.290. The minimum absolute atomic E-state index is 0.0567. The molecule has 0 radical (unpaired) electrons. The average Bonchev–Trinajstić information content (AvgIpc) is 1.80. The molecule has 1 N–H and O–H groups in total. The molecule has 0 rings (SSSR count). The first-order chi connectivity index (χ1) is 4.83. The summed E-state index contributed by atoms with van der Waals surface area (Å²) >= 11 is 0. The summed E-state index contributed by atoms with van der Waals surface area (Å²) in [6, 6.07) is 0. The van der Waals surface area contributed by atoms with Gasteiger partial charge in [0.1, 0.15) is 0 Å². The number of hydrogen-bond acceptors (Lipinski definition) is 3. The van der Waals surface area contributed by atoms with Crippen molar-refractivity contribution in [3.63, 3.8) is 0 Å². The highest BCUT2D eigenvalue weighted by molar-refractivity contribution is 8.13. The number of hydrogen-bond donors (Lipinski definition) is 1. The lowest BCUT2D eigenvalue weighted by Crippen LogP contribution is -2.13. The van der Waals surface area contributed by atoms with Gasteiger partial charge in [0.2, 0.25) is 9.05 Å². The van der Waals surface area contributed by atoms with Crippen molar-refractivity contribution in [2.45, 2.75) is 13.3 Å². The first-order valence-corrected chi connectivity index (χ1v) is 5.46. The van der Waals surface area contributed by atoms with Gasteiger partial charge in [-0.15, -0.1) is 0 Å². The highest BCUT2D eigenvalue weighted by Gasteiger charge is 2.14. The molecule has 0 aliphatic heterocycles. The third kappa shape index (κ3) is 6.12. The van der Waals surface area contributed by atoms with E-state index in [2.05, 4.69) is 0 Å². The van der Waals surface area contributed by atoms with E-state index in [1.807, 2.05) is 0 Å². The molecule has 0 aliphatic carbocycles. The van der Waals surface area contributed by atoms with Crippen LogP contribution in [0.4, 0.5) is 0 Å². The molecule has 0 spiro atoms. The Morgan fingerprint density at radius 2 is 2.09 bits per heavy atom. The number of carbonyl (C=O) groups is 1. The maximum Gasteiger partial charge on any atom is 0.306 e. The molecule has 1 atom stereocenters. The summed E-state index contributed by atoms with van der Waals surface area (Å²) in [5.41, 5.74) is 0. The second kappa shape index (κ2) is 3.92. The first-order valence-electron chi connectivity index (χ1n) is 2.98. The van der Waals surface area contributed by atoms with Crippen LogP contribution in [-0.4, -0.2) is 25.2 Å². The van der Waals surface area contributed by atoms with Crippen LogP contribution in [0.5, 0.6) is 0 Å². The van der Waals surface area contributed by atoms with E-state index < -0.39 is 20.9 Å². The first kappa shape index (κ1) is 10.7. The van der Waals surface area contributed by atoms with Gasteiger partial charge in [0.25, 0.3) is 0 Å². The van der Waals surface area contributed by atoms with Crippen LogP contribution < -0.4 is 0 Å². The predicted octanol–water partition coefficient (Wildman–Crippen LogP) is 0.666. The van der Waals surface area contributed by atoms with Crippen LogP contribution in [0.2, 0.25) is 0 Å². The average molecular weight is 201 g/mol. The van der Waals surface area contributed by atoms with E-state index in [0.29, 0.717) is 0 Å². The van der Waals surface area contributed by atoms with Crippen LogP contribution in [0.15, 0.2) is 0 Å². The molecule has 1 unspecified atom stereocenters. The largest absolute Gasteiger partial charge is 0.481 e. The molecule has 0 bridgehead atoms. The Bertz CT molecular complexity index is 233. The Kier molecular flexibility index (Phi) is 3.82. The number of carboxylic acid groups (broad SMARTS) is 1. The third-order valence-corrected chi connectivity index (χ3v) is 2.40. The Morgan fingerprint density at radius 1 is 1.64 bits per heavy atom. The van der Waals surface area contributed by atoms with Crippen molar-refractivity contribution in [1.82, 2.24) is 0 Å². The maximum atomic E-state index is 10.3. The van der Waals surface area contributed by atoms with Crippen molar-refractivity contribution < 1.29 is 18.3 Å². The van der Waals surface area contributed by atoms with Gasteiger partial charge in [-0.05, 0) is 6.42 Å². The topological polar surface area (TPSA) is 71.4 Å². The second-order valence-electron chi connectivity index (χ2n) is 2.27. The highest BCUT2D eigenvalue weighted by Crippen LogP contribution is 2.06. The molecule has 0 aliphatic rings. The zero-order valence-electron chi connectivity index (χ0n) is 5.95. The predicted molar refractivity (Wildman–Crippen MR) is 41.1 cm³/mol. The van der Waals surface area contributed by atoms with Crippen LogP contribution in [0.25, 0.3) is 0 Å². The Labute approximate surface area is 69.6 Å². The standard InChI is InChI=1S/C5H9ClO4S/c1-4(5(7)8)2-3-11(6,9)10/h4H,2-3H2,1H3,(H,7,8). The molecule has 6 heteroatoms. The molecule has 4 nitrogen and oxygen atoms in total. The van der Waals surface area contributed by atoms with Crippen molar-refractivity contribution >= 4 is 25.7 Å². The molecule has 66 valence electrons. The normalized spacial score (nSPS) is 14.4. The maximum absolute atomic E-state index is 10.3. The summed E-state index contributed by atoms with van der Waals surface area (Å²) in [5.74, 6) is -1.96. The van der Waals surface area contributed by atoms with E-state index in [-0.39, 0.29) is 12.2 Å². The van der Waals surface area contributed by atoms with E-state index in [1.54, 1.807) is 0 Å². The summed E-state index contributed by atoms with van der Waals surface area (Å²) in [6.07, 6.45) is 0.0567. The van der Waals surface area contributed by atoms with E-state index >= 15 is 0 Å². The second-order valence-corrected chi connectivity index (χ2v) is 5.17. The van der Waals surface area contributed by atoms with Crippen molar-refractivity contribution in [1.29, 1.82) is 0 Å². The molecular weight excluding hydrogens is 192 g/mol. The van der Waals surface area contributed by atoms with Gasteiger partial charge >= 0.3 is 5.97 Å². The van der Waals surface area contributed by atoms with Crippen LogP contribution in [0, 0.1) is 5.92 Å². The molecule has 0 heterocycles. The van der Waals surface area contributed by atoms with Crippen LogP contribution in [0.3, 0.4) is 0 Å². The van der Waals surface area contributed by atoms with Crippen LogP contribution >= 0.6 is 10.7 Å². The molecule has 0 amide bonds. The lowest BCUT2D eigenvalue weighted by atomic mass is 10.1. The monoisotopic (exact) mass is 200 g/mol. The fourth-order valence-corrected chi connectivity index (χ4v) is 1.34. The Balaban J connectivity index is 3.82. The van der Waals surface area contributed by atoms with Gasteiger partial charge in [0.15, 0.2) is 0 Å². The SMILES string of the molecule is CC(CCS(=O)(=O)Cl)C(=O)O. The lowest BCUT2D eigenvalue weighted by Gasteiger charge is -2.01. The molecule has 0 aromatic heterocycles. The zero-order valence-corrected chi connectivity index (χ0v) is 7.52. The number of halogens is 1. The van der Waals surface area contributed by atoms with Gasteiger partial charge in [-0.2, -0.15) is 0 Å². The van der Waals surface area contributed by atoms with Gasteiger partial charge in [-0.1, -0.05) is 6.92 Å². The quantitative estimate of drug-likeness (QED) is 0.677. The highest BCUT2D eigenvalue weighted by atomic mass is 35.7. The molecule has 0 saturated carbocycles. The number of rotatable bonds is 4. The van der Waals surface area contributed by atoms with Crippen molar-refractivity contribution in [3.05, 3.63) is 0 Å². The van der Waals surface area contributed by atoms with Crippen molar-refractivity contribution in [2.75, 3.05) is 5.75 Å². The molecule has 0 saturated heterocycles. The van der Waals surface area contributed by atoms with E-state index in [1.165, 1.54) is 6.92 Å². The van der Waals surface area contributed by atoms with E-state index in [4.69, 9.17) is 15.8 Å². The smallest absolute Gasteiger partial charge is 0.306 e. The van der Waals surface area contributed by atoms with Gasteiger partial charge < -0.3 is 5.11 Å².